The van der Waals surface area contributed by atoms with Gasteiger partial charge in [-0.2, -0.15) is 0 Å². The van der Waals surface area contributed by atoms with Gasteiger partial charge in [0.15, 0.2) is 0 Å². The number of imidazole rings is 1. The molecule has 0 unspecified atom stereocenters. The van der Waals surface area contributed by atoms with Crippen molar-refractivity contribution in [2.75, 3.05) is 7.11 Å². The first-order chi connectivity index (χ1) is 8.44. The van der Waals surface area contributed by atoms with Crippen LogP contribution in [0.5, 0.6) is 0 Å². The molecule has 0 atom stereocenters. The van der Waals surface area contributed by atoms with Crippen LogP contribution in [0.2, 0.25) is 0 Å². The number of rotatable bonds is 3. The van der Waals surface area contributed by atoms with Crippen LogP contribution in [-0.4, -0.2) is 27.4 Å². The number of benzene rings is 1. The summed E-state index contributed by atoms with van der Waals surface area (Å²) in [6.45, 7) is 3.71. The van der Waals surface area contributed by atoms with Crippen LogP contribution >= 0.6 is 11.8 Å². The summed E-state index contributed by atoms with van der Waals surface area (Å²) in [6.07, 6.45) is 1.78. The number of carbonyl (C=O) groups excluding carboxylic acids is 1. The van der Waals surface area contributed by atoms with Crippen molar-refractivity contribution in [2.45, 2.75) is 23.5 Å². The number of esters is 1. The fourth-order valence-corrected chi connectivity index (χ4v) is 2.82. The van der Waals surface area contributed by atoms with E-state index in [4.69, 9.17) is 4.74 Å². The maximum Gasteiger partial charge on any atom is 0.321 e. The van der Waals surface area contributed by atoms with Crippen LogP contribution in [0.25, 0.3) is 11.0 Å². The van der Waals surface area contributed by atoms with Gasteiger partial charge < -0.3 is 9.30 Å². The van der Waals surface area contributed by atoms with Crippen molar-refractivity contribution in [2.24, 2.45) is 7.05 Å². The highest BCUT2D eigenvalue weighted by atomic mass is 32.2. The van der Waals surface area contributed by atoms with Gasteiger partial charge in [0.25, 0.3) is 0 Å². The smallest absolute Gasteiger partial charge is 0.321 e. The standard InChI is InChI=1S/C13H16N2O2S/c1-13(2,12(16)17-4)18-9-5-6-11-10(7-9)14-8-15(11)3/h5-8H,1-4H3. The van der Waals surface area contributed by atoms with E-state index in [9.17, 15) is 4.79 Å². The molecule has 0 aliphatic carbocycles. The maximum atomic E-state index is 11.6. The van der Waals surface area contributed by atoms with Gasteiger partial charge in [0, 0.05) is 11.9 Å². The van der Waals surface area contributed by atoms with Crippen molar-refractivity contribution in [1.29, 1.82) is 0 Å². The molecule has 0 amide bonds. The molecule has 0 radical (unpaired) electrons. The van der Waals surface area contributed by atoms with Gasteiger partial charge in [-0.3, -0.25) is 4.79 Å². The second-order valence-corrected chi connectivity index (χ2v) is 6.31. The van der Waals surface area contributed by atoms with E-state index in [1.54, 1.807) is 6.33 Å². The number of hydrogen-bond donors (Lipinski definition) is 0. The number of ether oxygens (including phenoxy) is 1. The van der Waals surface area contributed by atoms with Gasteiger partial charge in [0.05, 0.1) is 24.5 Å². The minimum Gasteiger partial charge on any atom is -0.468 e. The predicted molar refractivity (Wildman–Crippen MR) is 72.7 cm³/mol. The normalized spacial score (nSPS) is 11.8. The van der Waals surface area contributed by atoms with Crippen LogP contribution in [0.3, 0.4) is 0 Å². The summed E-state index contributed by atoms with van der Waals surface area (Å²) in [5.41, 5.74) is 2.01. The second-order valence-electron chi connectivity index (χ2n) is 4.61. The summed E-state index contributed by atoms with van der Waals surface area (Å²) in [5.74, 6) is -0.228. The van der Waals surface area contributed by atoms with Gasteiger partial charge in [-0.05, 0) is 32.0 Å². The SMILES string of the molecule is COC(=O)C(C)(C)Sc1ccc2c(c1)ncn2C. The van der Waals surface area contributed by atoms with E-state index < -0.39 is 4.75 Å². The molecule has 0 aliphatic heterocycles. The van der Waals surface area contributed by atoms with Gasteiger partial charge in [-0.1, -0.05) is 0 Å². The van der Waals surface area contributed by atoms with Gasteiger partial charge in [-0.25, -0.2) is 4.98 Å². The van der Waals surface area contributed by atoms with Crippen molar-refractivity contribution in [3.8, 4) is 0 Å². The summed E-state index contributed by atoms with van der Waals surface area (Å²) in [6, 6.07) is 6.00. The highest BCUT2D eigenvalue weighted by Crippen LogP contribution is 2.34. The number of carbonyl (C=O) groups is 1. The molecule has 0 saturated carbocycles. The fourth-order valence-electron chi connectivity index (χ4n) is 1.76. The molecular formula is C13H16N2O2S. The first kappa shape index (κ1) is 13.0. The third-order valence-electron chi connectivity index (χ3n) is 2.75. The minimum atomic E-state index is -0.600. The van der Waals surface area contributed by atoms with E-state index in [-0.39, 0.29) is 5.97 Å². The molecule has 0 fully saturated rings. The Hall–Kier alpha value is -1.49. The van der Waals surface area contributed by atoms with E-state index in [1.807, 2.05) is 43.7 Å². The first-order valence-corrected chi connectivity index (χ1v) is 6.44. The van der Waals surface area contributed by atoms with Gasteiger partial charge in [0.1, 0.15) is 4.75 Å². The molecular weight excluding hydrogens is 248 g/mol. The van der Waals surface area contributed by atoms with Crippen LogP contribution in [0.4, 0.5) is 0 Å². The van der Waals surface area contributed by atoms with Crippen molar-refractivity contribution < 1.29 is 9.53 Å². The molecule has 5 heteroatoms. The zero-order chi connectivity index (χ0) is 13.3. The molecule has 1 heterocycles. The lowest BCUT2D eigenvalue weighted by molar-refractivity contribution is -0.142. The number of thioether (sulfide) groups is 1. The van der Waals surface area contributed by atoms with Crippen LogP contribution < -0.4 is 0 Å². The van der Waals surface area contributed by atoms with Crippen LogP contribution in [0.15, 0.2) is 29.4 Å². The molecule has 96 valence electrons. The van der Waals surface area contributed by atoms with Crippen LogP contribution in [-0.2, 0) is 16.6 Å². The summed E-state index contributed by atoms with van der Waals surface area (Å²) >= 11 is 1.48. The van der Waals surface area contributed by atoms with Crippen LogP contribution in [0, 0.1) is 0 Å². The molecule has 1 aromatic carbocycles. The Morgan fingerprint density at radius 1 is 1.44 bits per heavy atom. The Bertz CT molecular complexity index is 590. The lowest BCUT2D eigenvalue weighted by atomic mass is 10.2. The third-order valence-corrected chi connectivity index (χ3v) is 3.91. The number of fused-ring (bicyclic) bond motifs is 1. The van der Waals surface area contributed by atoms with E-state index >= 15 is 0 Å². The summed E-state index contributed by atoms with van der Waals surface area (Å²) < 4.78 is 6.17. The van der Waals surface area contributed by atoms with Crippen molar-refractivity contribution in [3.05, 3.63) is 24.5 Å². The number of aryl methyl sites for hydroxylation is 1. The molecule has 18 heavy (non-hydrogen) atoms. The molecule has 4 nitrogen and oxygen atoms in total. The molecule has 0 spiro atoms. The lowest BCUT2D eigenvalue weighted by Crippen LogP contribution is -2.28. The maximum absolute atomic E-state index is 11.6. The molecule has 1 aromatic heterocycles. The Morgan fingerprint density at radius 3 is 2.83 bits per heavy atom. The molecule has 2 rings (SSSR count). The second kappa shape index (κ2) is 4.65. The fraction of sp³-hybridized carbons (Fsp3) is 0.385. The molecule has 2 aromatic rings. The van der Waals surface area contributed by atoms with E-state index in [1.165, 1.54) is 18.9 Å². The quantitative estimate of drug-likeness (QED) is 0.631. The molecule has 0 bridgehead atoms. The van der Waals surface area contributed by atoms with Crippen molar-refractivity contribution >= 4 is 28.8 Å². The van der Waals surface area contributed by atoms with Gasteiger partial charge in [0.2, 0.25) is 0 Å². The first-order valence-electron chi connectivity index (χ1n) is 5.62. The van der Waals surface area contributed by atoms with Crippen molar-refractivity contribution in [1.82, 2.24) is 9.55 Å². The average Bonchev–Trinajstić information content (AvgIpc) is 2.69. The zero-order valence-corrected chi connectivity index (χ0v) is 11.7. The van der Waals surface area contributed by atoms with Gasteiger partial charge in [-0.15, -0.1) is 11.8 Å². The number of aromatic nitrogens is 2. The molecule has 0 saturated heterocycles. The van der Waals surface area contributed by atoms with E-state index in [2.05, 4.69) is 4.98 Å². The average molecular weight is 264 g/mol. The number of methoxy groups -OCH3 is 1. The number of nitrogens with zero attached hydrogens (tertiary/aromatic N) is 2. The third kappa shape index (κ3) is 2.36. The summed E-state index contributed by atoms with van der Waals surface area (Å²) in [7, 11) is 3.37. The molecule has 0 N–H and O–H groups in total. The largest absolute Gasteiger partial charge is 0.468 e. The Labute approximate surface area is 110 Å². The Morgan fingerprint density at radius 2 is 2.17 bits per heavy atom. The van der Waals surface area contributed by atoms with E-state index in [0.717, 1.165) is 15.9 Å². The van der Waals surface area contributed by atoms with Crippen LogP contribution in [0.1, 0.15) is 13.8 Å². The summed E-state index contributed by atoms with van der Waals surface area (Å²) in [4.78, 5) is 17.0. The number of hydrogen-bond acceptors (Lipinski definition) is 4. The monoisotopic (exact) mass is 264 g/mol. The highest BCUT2D eigenvalue weighted by molar-refractivity contribution is 8.01. The molecule has 0 aliphatic rings. The Kier molecular flexibility index (Phi) is 3.34. The topological polar surface area (TPSA) is 44.1 Å². The van der Waals surface area contributed by atoms with Crippen molar-refractivity contribution in [3.63, 3.8) is 0 Å². The zero-order valence-electron chi connectivity index (χ0n) is 10.9. The predicted octanol–water partition coefficient (Wildman–Crippen LogP) is 2.62. The minimum absolute atomic E-state index is 0.228. The highest BCUT2D eigenvalue weighted by Gasteiger charge is 2.30. The lowest BCUT2D eigenvalue weighted by Gasteiger charge is -2.20. The summed E-state index contributed by atoms with van der Waals surface area (Å²) in [5, 5.41) is 0. The Balaban J connectivity index is 2.29. The van der Waals surface area contributed by atoms with E-state index in [0.29, 0.717) is 0 Å². The van der Waals surface area contributed by atoms with Gasteiger partial charge >= 0.3 is 5.97 Å².